The van der Waals surface area contributed by atoms with E-state index in [0.717, 1.165) is 18.4 Å². The Kier molecular flexibility index (Phi) is 11.1. The molecule has 0 aromatic carbocycles. The Hall–Kier alpha value is -0.790. The first kappa shape index (κ1) is 16.2. The first-order valence-electron chi connectivity index (χ1n) is 7.07. The van der Waals surface area contributed by atoms with Gasteiger partial charge >= 0.3 is 5.97 Å². The summed E-state index contributed by atoms with van der Waals surface area (Å²) in [6, 6.07) is 0. The van der Waals surface area contributed by atoms with Crippen LogP contribution < -0.4 is 0 Å². The highest BCUT2D eigenvalue weighted by atomic mass is 16.4. The Morgan fingerprint density at radius 2 is 1.41 bits per heavy atom. The Bertz CT molecular complexity index is 219. The van der Waals surface area contributed by atoms with Crippen LogP contribution in [0.2, 0.25) is 0 Å². The Morgan fingerprint density at radius 3 is 1.88 bits per heavy atom. The predicted molar refractivity (Wildman–Crippen MR) is 73.2 cm³/mol. The van der Waals surface area contributed by atoms with Crippen molar-refractivity contribution >= 4 is 5.97 Å². The largest absolute Gasteiger partial charge is 0.478 e. The van der Waals surface area contributed by atoms with Gasteiger partial charge in [0.05, 0.1) is 0 Å². The van der Waals surface area contributed by atoms with Crippen LogP contribution in [0.15, 0.2) is 11.6 Å². The van der Waals surface area contributed by atoms with Crippen molar-refractivity contribution < 1.29 is 9.90 Å². The number of rotatable bonds is 11. The van der Waals surface area contributed by atoms with Gasteiger partial charge in [-0.3, -0.25) is 0 Å². The van der Waals surface area contributed by atoms with Gasteiger partial charge < -0.3 is 5.11 Å². The molecule has 0 heterocycles. The van der Waals surface area contributed by atoms with Gasteiger partial charge in [-0.1, -0.05) is 63.9 Å². The molecule has 0 atom stereocenters. The van der Waals surface area contributed by atoms with Crippen molar-refractivity contribution in [2.75, 3.05) is 0 Å². The monoisotopic (exact) mass is 240 g/mol. The molecule has 0 amide bonds. The molecule has 17 heavy (non-hydrogen) atoms. The number of carbonyl (C=O) groups is 1. The zero-order valence-corrected chi connectivity index (χ0v) is 11.5. The Balaban J connectivity index is 3.21. The number of hydrogen-bond acceptors (Lipinski definition) is 1. The minimum atomic E-state index is -0.821. The van der Waals surface area contributed by atoms with Gasteiger partial charge in [0.25, 0.3) is 0 Å². The molecule has 0 aromatic rings. The minimum Gasteiger partial charge on any atom is -0.478 e. The van der Waals surface area contributed by atoms with Crippen molar-refractivity contribution in [3.05, 3.63) is 11.6 Å². The molecule has 0 spiro atoms. The van der Waals surface area contributed by atoms with E-state index >= 15 is 0 Å². The zero-order chi connectivity index (χ0) is 12.9. The molecule has 2 nitrogen and oxygen atoms in total. The number of hydrogen-bond donors (Lipinski definition) is 1. The summed E-state index contributed by atoms with van der Waals surface area (Å²) in [5.41, 5.74) is 0.987. The van der Waals surface area contributed by atoms with Gasteiger partial charge in [-0.2, -0.15) is 0 Å². The second kappa shape index (κ2) is 11.7. The van der Waals surface area contributed by atoms with Crippen LogP contribution in [-0.4, -0.2) is 11.1 Å². The van der Waals surface area contributed by atoms with Crippen molar-refractivity contribution in [1.29, 1.82) is 0 Å². The summed E-state index contributed by atoms with van der Waals surface area (Å²) in [6.07, 6.45) is 14.1. The molecule has 2 heteroatoms. The lowest BCUT2D eigenvalue weighted by Gasteiger charge is -2.02. The Labute approximate surface area is 106 Å². The van der Waals surface area contributed by atoms with Crippen LogP contribution in [0, 0.1) is 0 Å². The standard InChI is InChI=1S/C15H28O2/c1-3-4-5-6-7-8-9-10-11-12-14(2)13-15(16)17/h13H,3-12H2,1-2H3,(H,16,17). The van der Waals surface area contributed by atoms with Crippen molar-refractivity contribution in [2.24, 2.45) is 0 Å². The lowest BCUT2D eigenvalue weighted by atomic mass is 10.0. The van der Waals surface area contributed by atoms with Gasteiger partial charge in [-0.15, -0.1) is 0 Å². The molecule has 0 fully saturated rings. The summed E-state index contributed by atoms with van der Waals surface area (Å²) in [5, 5.41) is 8.55. The lowest BCUT2D eigenvalue weighted by molar-refractivity contribution is -0.131. The van der Waals surface area contributed by atoms with E-state index in [2.05, 4.69) is 6.92 Å². The average Bonchev–Trinajstić information content (AvgIpc) is 2.26. The summed E-state index contributed by atoms with van der Waals surface area (Å²) in [5.74, 6) is -0.821. The van der Waals surface area contributed by atoms with Crippen LogP contribution in [0.25, 0.3) is 0 Å². The van der Waals surface area contributed by atoms with Crippen molar-refractivity contribution in [2.45, 2.75) is 78.1 Å². The highest BCUT2D eigenvalue weighted by Crippen LogP contribution is 2.12. The molecule has 1 N–H and O–H groups in total. The third kappa shape index (κ3) is 13.1. The van der Waals surface area contributed by atoms with Gasteiger partial charge in [0.2, 0.25) is 0 Å². The van der Waals surface area contributed by atoms with Gasteiger partial charge in [0.15, 0.2) is 0 Å². The van der Waals surface area contributed by atoms with Gasteiger partial charge in [-0.25, -0.2) is 4.79 Å². The molecule has 0 bridgehead atoms. The molecule has 0 aliphatic rings. The van der Waals surface area contributed by atoms with Gasteiger partial charge in [0, 0.05) is 6.08 Å². The van der Waals surface area contributed by atoms with E-state index in [1.807, 2.05) is 6.92 Å². The maximum absolute atomic E-state index is 10.4. The summed E-state index contributed by atoms with van der Waals surface area (Å²) in [7, 11) is 0. The van der Waals surface area contributed by atoms with Crippen LogP contribution in [0.5, 0.6) is 0 Å². The molecule has 100 valence electrons. The first-order valence-corrected chi connectivity index (χ1v) is 7.07. The number of carboxylic acids is 1. The van der Waals surface area contributed by atoms with Crippen molar-refractivity contribution in [3.8, 4) is 0 Å². The normalized spacial score (nSPS) is 11.8. The quantitative estimate of drug-likeness (QED) is 0.410. The second-order valence-corrected chi connectivity index (χ2v) is 4.91. The van der Waals surface area contributed by atoms with Crippen LogP contribution in [-0.2, 0) is 4.79 Å². The minimum absolute atomic E-state index is 0.821. The fourth-order valence-electron chi connectivity index (χ4n) is 2.00. The van der Waals surface area contributed by atoms with E-state index < -0.39 is 5.97 Å². The van der Waals surface area contributed by atoms with E-state index in [0.29, 0.717) is 0 Å². The summed E-state index contributed by atoms with van der Waals surface area (Å²) in [6.45, 7) is 4.14. The molecule has 0 unspecified atom stereocenters. The Morgan fingerprint density at radius 1 is 0.941 bits per heavy atom. The lowest BCUT2D eigenvalue weighted by Crippen LogP contribution is -1.90. The maximum Gasteiger partial charge on any atom is 0.328 e. The van der Waals surface area contributed by atoms with Crippen molar-refractivity contribution in [3.63, 3.8) is 0 Å². The van der Waals surface area contributed by atoms with Crippen LogP contribution in [0.1, 0.15) is 78.1 Å². The fourth-order valence-corrected chi connectivity index (χ4v) is 2.00. The summed E-state index contributed by atoms with van der Waals surface area (Å²) >= 11 is 0. The molecule has 0 aliphatic carbocycles. The van der Waals surface area contributed by atoms with E-state index in [9.17, 15) is 4.79 Å². The zero-order valence-electron chi connectivity index (χ0n) is 11.5. The smallest absolute Gasteiger partial charge is 0.328 e. The summed E-state index contributed by atoms with van der Waals surface area (Å²) < 4.78 is 0. The number of allylic oxidation sites excluding steroid dienone is 1. The van der Waals surface area contributed by atoms with E-state index in [-0.39, 0.29) is 0 Å². The molecule has 0 saturated heterocycles. The van der Waals surface area contributed by atoms with Crippen LogP contribution in [0.3, 0.4) is 0 Å². The highest BCUT2D eigenvalue weighted by molar-refractivity contribution is 5.80. The van der Waals surface area contributed by atoms with Crippen LogP contribution in [0.4, 0.5) is 0 Å². The number of aliphatic carboxylic acids is 1. The first-order chi connectivity index (χ1) is 8.16. The number of carboxylic acid groups (broad SMARTS) is 1. The fraction of sp³-hybridized carbons (Fsp3) is 0.800. The molecule has 0 saturated carbocycles. The van der Waals surface area contributed by atoms with Crippen molar-refractivity contribution in [1.82, 2.24) is 0 Å². The molecular formula is C15H28O2. The molecular weight excluding hydrogens is 212 g/mol. The van der Waals surface area contributed by atoms with Gasteiger partial charge in [0.1, 0.15) is 0 Å². The number of unbranched alkanes of at least 4 members (excludes halogenated alkanes) is 8. The predicted octanol–water partition coefficient (Wildman–Crippen LogP) is 4.94. The van der Waals surface area contributed by atoms with Crippen LogP contribution >= 0.6 is 0 Å². The molecule has 0 radical (unpaired) electrons. The molecule has 0 rings (SSSR count). The average molecular weight is 240 g/mol. The SMILES string of the molecule is CCCCCCCCCCCC(C)=CC(=O)O. The molecule has 0 aromatic heterocycles. The topological polar surface area (TPSA) is 37.3 Å². The second-order valence-electron chi connectivity index (χ2n) is 4.91. The highest BCUT2D eigenvalue weighted by Gasteiger charge is 1.95. The van der Waals surface area contributed by atoms with E-state index in [1.165, 1.54) is 57.4 Å². The van der Waals surface area contributed by atoms with E-state index in [4.69, 9.17) is 5.11 Å². The third-order valence-electron chi connectivity index (χ3n) is 3.04. The maximum atomic E-state index is 10.4. The van der Waals surface area contributed by atoms with Gasteiger partial charge in [-0.05, 0) is 19.8 Å². The third-order valence-corrected chi connectivity index (χ3v) is 3.04. The van der Waals surface area contributed by atoms with E-state index in [1.54, 1.807) is 0 Å². The molecule has 0 aliphatic heterocycles. The summed E-state index contributed by atoms with van der Waals surface area (Å²) in [4.78, 5) is 10.4.